The zero-order valence-electron chi connectivity index (χ0n) is 16.1. The zero-order valence-corrected chi connectivity index (χ0v) is 18.6. The van der Waals surface area contributed by atoms with Crippen molar-refractivity contribution < 1.29 is 19.1 Å². The average Bonchev–Trinajstić information content (AvgIpc) is 2.41. The van der Waals surface area contributed by atoms with Crippen LogP contribution in [0.15, 0.2) is 18.2 Å². The Balaban J connectivity index is 2.85. The number of carbonyl (C=O) groups excluding carboxylic acids is 2. The van der Waals surface area contributed by atoms with E-state index >= 15 is 0 Å². The Bertz CT molecular complexity index is 677. The maximum atomic E-state index is 12.2. The number of rotatable bonds is 6. The fraction of sp³-hybridized carbons (Fsp3) is 0.474. The summed E-state index contributed by atoms with van der Waals surface area (Å²) in [4.78, 5) is 24.0. The van der Waals surface area contributed by atoms with Crippen molar-refractivity contribution in [3.8, 4) is 0 Å². The number of benzene rings is 1. The van der Waals surface area contributed by atoms with Crippen LogP contribution < -0.4 is 0 Å². The summed E-state index contributed by atoms with van der Waals surface area (Å²) in [6.07, 6.45) is 2.82. The standard InChI is InChI=1S/C19H26Cl2O4Si/c1-19(2,3)25-16(22)8-7-13-11-14(20)17(15(21)12-13)18(23)24-9-10-26(4,5)6/h7-8,11-12H,9-10H2,1-6H3/b8-7+. The first-order valence-electron chi connectivity index (χ1n) is 8.36. The largest absolute Gasteiger partial charge is 0.462 e. The van der Waals surface area contributed by atoms with E-state index in [0.717, 1.165) is 6.04 Å². The fourth-order valence-corrected chi connectivity index (χ4v) is 3.28. The number of hydrogen-bond donors (Lipinski definition) is 0. The van der Waals surface area contributed by atoms with E-state index in [4.69, 9.17) is 32.7 Å². The molecule has 0 bridgehead atoms. The molecule has 4 nitrogen and oxygen atoms in total. The molecule has 0 saturated carbocycles. The van der Waals surface area contributed by atoms with Crippen molar-refractivity contribution in [3.05, 3.63) is 39.4 Å². The lowest BCUT2D eigenvalue weighted by Crippen LogP contribution is -2.22. The summed E-state index contributed by atoms with van der Waals surface area (Å²) in [7, 11) is -1.30. The minimum Gasteiger partial charge on any atom is -0.462 e. The molecule has 0 saturated heterocycles. The molecule has 0 radical (unpaired) electrons. The number of halogens is 2. The maximum Gasteiger partial charge on any atom is 0.341 e. The van der Waals surface area contributed by atoms with E-state index in [2.05, 4.69) is 19.6 Å². The van der Waals surface area contributed by atoms with Gasteiger partial charge in [-0.05, 0) is 50.6 Å². The van der Waals surface area contributed by atoms with Crippen molar-refractivity contribution >= 4 is 49.3 Å². The van der Waals surface area contributed by atoms with E-state index in [1.54, 1.807) is 32.9 Å². The number of esters is 2. The normalized spacial score (nSPS) is 12.3. The molecule has 0 spiro atoms. The Labute approximate surface area is 166 Å². The lowest BCUT2D eigenvalue weighted by Gasteiger charge is -2.18. The van der Waals surface area contributed by atoms with Gasteiger partial charge in [0.1, 0.15) is 5.60 Å². The third kappa shape index (κ3) is 8.38. The fourth-order valence-electron chi connectivity index (χ4n) is 1.91. The highest BCUT2D eigenvalue weighted by atomic mass is 35.5. The van der Waals surface area contributed by atoms with Crippen LogP contribution in [-0.2, 0) is 14.3 Å². The Morgan fingerprint density at radius 3 is 2.12 bits per heavy atom. The average molecular weight is 417 g/mol. The van der Waals surface area contributed by atoms with Gasteiger partial charge in [0.05, 0.1) is 22.2 Å². The van der Waals surface area contributed by atoms with E-state index in [1.807, 2.05) is 0 Å². The lowest BCUT2D eigenvalue weighted by molar-refractivity contribution is -0.148. The molecule has 0 atom stereocenters. The molecule has 0 heterocycles. The molecular formula is C19H26Cl2O4Si. The molecule has 144 valence electrons. The Kier molecular flexibility index (Phi) is 7.93. The molecule has 0 aliphatic carbocycles. The Hall–Kier alpha value is -1.30. The molecular weight excluding hydrogens is 391 g/mol. The molecule has 0 aromatic heterocycles. The van der Waals surface area contributed by atoms with Crippen molar-refractivity contribution in [3.63, 3.8) is 0 Å². The van der Waals surface area contributed by atoms with Gasteiger partial charge in [0.25, 0.3) is 0 Å². The minimum atomic E-state index is -1.30. The zero-order chi connectivity index (χ0) is 20.1. The van der Waals surface area contributed by atoms with E-state index < -0.39 is 25.6 Å². The molecule has 0 N–H and O–H groups in total. The molecule has 1 aromatic rings. The van der Waals surface area contributed by atoms with Crippen LogP contribution in [0.5, 0.6) is 0 Å². The van der Waals surface area contributed by atoms with Gasteiger partial charge in [0.15, 0.2) is 0 Å². The second kappa shape index (κ2) is 9.06. The van der Waals surface area contributed by atoms with Gasteiger partial charge in [-0.15, -0.1) is 0 Å². The third-order valence-corrected chi connectivity index (χ3v) is 5.47. The van der Waals surface area contributed by atoms with Gasteiger partial charge in [0, 0.05) is 14.1 Å². The molecule has 0 aliphatic heterocycles. The number of carbonyl (C=O) groups is 2. The first kappa shape index (κ1) is 22.7. The smallest absolute Gasteiger partial charge is 0.341 e. The van der Waals surface area contributed by atoms with Crippen LogP contribution in [0.4, 0.5) is 0 Å². The van der Waals surface area contributed by atoms with Crippen LogP contribution in [0.2, 0.25) is 35.7 Å². The lowest BCUT2D eigenvalue weighted by atomic mass is 10.1. The second-order valence-corrected chi connectivity index (χ2v) is 14.6. The van der Waals surface area contributed by atoms with Gasteiger partial charge in [-0.25, -0.2) is 9.59 Å². The molecule has 0 fully saturated rings. The summed E-state index contributed by atoms with van der Waals surface area (Å²) in [5, 5.41) is 0.360. The highest BCUT2D eigenvalue weighted by molar-refractivity contribution is 6.76. The van der Waals surface area contributed by atoms with Crippen molar-refractivity contribution in [1.29, 1.82) is 0 Å². The minimum absolute atomic E-state index is 0.137. The predicted molar refractivity (Wildman–Crippen MR) is 110 cm³/mol. The van der Waals surface area contributed by atoms with Crippen LogP contribution in [-0.4, -0.2) is 32.2 Å². The van der Waals surface area contributed by atoms with Gasteiger partial charge in [-0.2, -0.15) is 0 Å². The van der Waals surface area contributed by atoms with Crippen molar-refractivity contribution in [2.24, 2.45) is 0 Å². The van der Waals surface area contributed by atoms with Gasteiger partial charge in [0.2, 0.25) is 0 Å². The Morgan fingerprint density at radius 1 is 1.12 bits per heavy atom. The summed E-state index contributed by atoms with van der Waals surface area (Å²) in [6, 6.07) is 3.98. The van der Waals surface area contributed by atoms with Gasteiger partial charge in [-0.3, -0.25) is 0 Å². The second-order valence-electron chi connectivity index (χ2n) is 8.17. The molecule has 1 rings (SSSR count). The van der Waals surface area contributed by atoms with Crippen molar-refractivity contribution in [2.45, 2.75) is 52.1 Å². The first-order valence-corrected chi connectivity index (χ1v) is 12.8. The summed E-state index contributed by atoms with van der Waals surface area (Å²) < 4.78 is 10.5. The van der Waals surface area contributed by atoms with Crippen LogP contribution in [0.25, 0.3) is 6.08 Å². The summed E-state index contributed by atoms with van der Waals surface area (Å²) >= 11 is 12.4. The monoisotopic (exact) mass is 416 g/mol. The van der Waals surface area contributed by atoms with Gasteiger partial charge >= 0.3 is 11.9 Å². The van der Waals surface area contributed by atoms with Crippen LogP contribution in [0.3, 0.4) is 0 Å². The Morgan fingerprint density at radius 2 is 1.65 bits per heavy atom. The quantitative estimate of drug-likeness (QED) is 0.331. The molecule has 0 unspecified atom stereocenters. The van der Waals surface area contributed by atoms with E-state index in [0.29, 0.717) is 12.2 Å². The van der Waals surface area contributed by atoms with E-state index in [1.165, 1.54) is 12.2 Å². The van der Waals surface area contributed by atoms with Crippen LogP contribution in [0, 0.1) is 0 Å². The van der Waals surface area contributed by atoms with Crippen LogP contribution >= 0.6 is 23.2 Å². The predicted octanol–water partition coefficient (Wildman–Crippen LogP) is 5.84. The number of hydrogen-bond acceptors (Lipinski definition) is 4. The highest BCUT2D eigenvalue weighted by Crippen LogP contribution is 2.28. The third-order valence-electron chi connectivity index (χ3n) is 3.17. The summed E-state index contributed by atoms with van der Waals surface area (Å²) in [6.45, 7) is 12.3. The van der Waals surface area contributed by atoms with Crippen molar-refractivity contribution in [1.82, 2.24) is 0 Å². The SMILES string of the molecule is CC(C)(C)OC(=O)/C=C/c1cc(Cl)c(C(=O)OCC[Si](C)(C)C)c(Cl)c1. The van der Waals surface area contributed by atoms with Gasteiger partial charge in [-0.1, -0.05) is 42.8 Å². The summed E-state index contributed by atoms with van der Waals surface area (Å²) in [5.74, 6) is -1.01. The van der Waals surface area contributed by atoms with Gasteiger partial charge < -0.3 is 9.47 Å². The van der Waals surface area contributed by atoms with Crippen molar-refractivity contribution in [2.75, 3.05) is 6.61 Å². The molecule has 0 aliphatic rings. The molecule has 26 heavy (non-hydrogen) atoms. The molecule has 1 aromatic carbocycles. The van der Waals surface area contributed by atoms with E-state index in [-0.39, 0.29) is 15.6 Å². The highest BCUT2D eigenvalue weighted by Gasteiger charge is 2.19. The first-order chi connectivity index (χ1) is 11.8. The van der Waals surface area contributed by atoms with E-state index in [9.17, 15) is 9.59 Å². The molecule has 0 amide bonds. The summed E-state index contributed by atoms with van der Waals surface area (Å²) in [5.41, 5.74) is 0.156. The number of ether oxygens (including phenoxy) is 2. The van der Waals surface area contributed by atoms with Crippen LogP contribution in [0.1, 0.15) is 36.7 Å². The molecule has 7 heteroatoms. The topological polar surface area (TPSA) is 52.6 Å². The maximum absolute atomic E-state index is 12.2.